The molecule has 0 spiro atoms. The number of morpholine rings is 1. The lowest BCUT2D eigenvalue weighted by Gasteiger charge is -2.37. The molecule has 2 heterocycles. The average molecular weight is 439 g/mol. The molecule has 168 valence electrons. The molecule has 0 aromatic heterocycles. The Morgan fingerprint density at radius 3 is 2.50 bits per heavy atom. The molecular formula is C23H28BN2O6+. The summed E-state index contributed by atoms with van der Waals surface area (Å²) in [6.45, 7) is 4.49. The van der Waals surface area contributed by atoms with E-state index >= 15 is 0 Å². The zero-order valence-electron chi connectivity index (χ0n) is 18.1. The number of para-hydroxylation sites is 1. The Morgan fingerprint density at radius 1 is 1.12 bits per heavy atom. The minimum absolute atomic E-state index is 0.000324. The summed E-state index contributed by atoms with van der Waals surface area (Å²) in [7, 11) is 0.922. The van der Waals surface area contributed by atoms with Crippen molar-refractivity contribution in [2.75, 3.05) is 33.4 Å². The first-order valence-corrected chi connectivity index (χ1v) is 10.8. The summed E-state index contributed by atoms with van der Waals surface area (Å²) in [6, 6.07) is 12.8. The Morgan fingerprint density at radius 2 is 1.81 bits per heavy atom. The number of benzene rings is 2. The van der Waals surface area contributed by atoms with Crippen molar-refractivity contribution in [3.8, 4) is 5.75 Å². The highest BCUT2D eigenvalue weighted by Crippen LogP contribution is 2.30. The van der Waals surface area contributed by atoms with Gasteiger partial charge in [0.15, 0.2) is 0 Å². The van der Waals surface area contributed by atoms with E-state index in [0.29, 0.717) is 12.0 Å². The van der Waals surface area contributed by atoms with Gasteiger partial charge in [0.25, 0.3) is 0 Å². The Kier molecular flexibility index (Phi) is 6.50. The normalized spacial score (nSPS) is 19.6. The maximum Gasteiger partial charge on any atom is 0.547 e. The fourth-order valence-corrected chi connectivity index (χ4v) is 4.30. The second-order valence-electron chi connectivity index (χ2n) is 8.82. The van der Waals surface area contributed by atoms with Gasteiger partial charge in [-0.1, -0.05) is 36.4 Å². The van der Waals surface area contributed by atoms with E-state index in [1.807, 2.05) is 12.1 Å². The van der Waals surface area contributed by atoms with Crippen LogP contribution in [0.3, 0.4) is 0 Å². The summed E-state index contributed by atoms with van der Waals surface area (Å²) in [6.07, 6.45) is 0.480. The maximum absolute atomic E-state index is 12.6. The van der Waals surface area contributed by atoms with Crippen molar-refractivity contribution in [2.45, 2.75) is 25.3 Å². The Labute approximate surface area is 187 Å². The van der Waals surface area contributed by atoms with E-state index < -0.39 is 19.0 Å². The number of carboxylic acids is 1. The van der Waals surface area contributed by atoms with E-state index in [4.69, 9.17) is 9.39 Å². The number of quaternary nitrogens is 1. The van der Waals surface area contributed by atoms with Crippen molar-refractivity contribution in [3.05, 3.63) is 64.7 Å². The fourth-order valence-electron chi connectivity index (χ4n) is 4.30. The Bertz CT molecular complexity index is 990. The van der Waals surface area contributed by atoms with Gasteiger partial charge in [-0.3, -0.25) is 4.79 Å². The molecule has 2 aliphatic rings. The van der Waals surface area contributed by atoms with E-state index in [2.05, 4.69) is 24.5 Å². The smallest absolute Gasteiger partial charge is 0.534 e. The molecule has 0 bridgehead atoms. The van der Waals surface area contributed by atoms with E-state index in [9.17, 15) is 19.7 Å². The zero-order chi connectivity index (χ0) is 22.7. The molecule has 1 fully saturated rings. The number of carboxylic acid groups (broad SMARTS) is 1. The van der Waals surface area contributed by atoms with E-state index in [1.54, 1.807) is 12.1 Å². The van der Waals surface area contributed by atoms with Gasteiger partial charge in [0.1, 0.15) is 25.4 Å². The lowest BCUT2D eigenvalue weighted by molar-refractivity contribution is -0.929. The van der Waals surface area contributed by atoms with Gasteiger partial charge in [0, 0.05) is 5.56 Å². The van der Waals surface area contributed by atoms with Crippen LogP contribution < -0.4 is 9.97 Å². The average Bonchev–Trinajstić information content (AvgIpc) is 2.75. The molecule has 0 saturated carbocycles. The van der Waals surface area contributed by atoms with Crippen LogP contribution in [-0.4, -0.2) is 72.9 Å². The number of fused-ring (bicyclic) bond motifs is 1. The number of ether oxygens (including phenoxy) is 1. The number of nitrogens with zero attached hydrogens (tertiary/aromatic N) is 1. The van der Waals surface area contributed by atoms with Crippen LogP contribution in [0.1, 0.15) is 27.0 Å². The molecule has 1 amide bonds. The van der Waals surface area contributed by atoms with Crippen LogP contribution in [-0.2, 0) is 28.9 Å². The van der Waals surface area contributed by atoms with Crippen molar-refractivity contribution >= 4 is 19.0 Å². The molecule has 0 aliphatic carbocycles. The molecule has 2 aromatic carbocycles. The number of rotatable bonds is 6. The summed E-state index contributed by atoms with van der Waals surface area (Å²) in [5.74, 6) is -1.84. The van der Waals surface area contributed by atoms with Crippen molar-refractivity contribution in [3.63, 3.8) is 0 Å². The third kappa shape index (κ3) is 5.12. The molecule has 4 rings (SSSR count). The van der Waals surface area contributed by atoms with Gasteiger partial charge in [-0.05, 0) is 23.6 Å². The highest BCUT2D eigenvalue weighted by molar-refractivity contribution is 6.47. The largest absolute Gasteiger partial charge is 0.547 e. The third-order valence-corrected chi connectivity index (χ3v) is 6.20. The van der Waals surface area contributed by atoms with Crippen LogP contribution in [0, 0.1) is 0 Å². The van der Waals surface area contributed by atoms with Crippen molar-refractivity contribution in [1.29, 1.82) is 0 Å². The SMILES string of the molecule is C[N+]1(Cc2ccc(CC(=O)NC3Cc4cccc(C(=O)O)c4OB3O)cc2)CCOCC1. The number of hydrogen-bond acceptors (Lipinski definition) is 5. The number of amides is 1. The van der Waals surface area contributed by atoms with Crippen LogP contribution in [0.5, 0.6) is 5.75 Å². The van der Waals surface area contributed by atoms with Gasteiger partial charge < -0.3 is 29.3 Å². The molecule has 9 heteroatoms. The quantitative estimate of drug-likeness (QED) is 0.459. The molecule has 8 nitrogen and oxygen atoms in total. The van der Waals surface area contributed by atoms with Crippen molar-refractivity contribution < 1.29 is 33.6 Å². The Balaban J connectivity index is 1.34. The number of carbonyl (C=O) groups is 2. The fraction of sp³-hybridized carbons (Fsp3) is 0.391. The van der Waals surface area contributed by atoms with Gasteiger partial charge in [-0.2, -0.15) is 0 Å². The first-order valence-electron chi connectivity index (χ1n) is 10.8. The predicted molar refractivity (Wildman–Crippen MR) is 118 cm³/mol. The summed E-state index contributed by atoms with van der Waals surface area (Å²) < 4.78 is 11.8. The van der Waals surface area contributed by atoms with Gasteiger partial charge >= 0.3 is 13.1 Å². The monoisotopic (exact) mass is 439 g/mol. The maximum atomic E-state index is 12.6. The highest BCUT2D eigenvalue weighted by Gasteiger charge is 2.37. The number of hydrogen-bond donors (Lipinski definition) is 3. The molecule has 2 aliphatic heterocycles. The molecule has 1 unspecified atom stereocenters. The molecule has 32 heavy (non-hydrogen) atoms. The van der Waals surface area contributed by atoms with Crippen LogP contribution in [0.4, 0.5) is 0 Å². The molecule has 1 saturated heterocycles. The zero-order valence-corrected chi connectivity index (χ0v) is 18.1. The lowest BCUT2D eigenvalue weighted by Crippen LogP contribution is -2.53. The summed E-state index contributed by atoms with van der Waals surface area (Å²) in [4.78, 5) is 23.9. The van der Waals surface area contributed by atoms with Gasteiger partial charge in [0.2, 0.25) is 5.91 Å². The third-order valence-electron chi connectivity index (χ3n) is 6.20. The van der Waals surface area contributed by atoms with Crippen LogP contribution in [0.2, 0.25) is 0 Å². The summed E-state index contributed by atoms with van der Waals surface area (Å²) in [5.41, 5.74) is 2.75. The minimum Gasteiger partial charge on any atom is -0.534 e. The molecule has 0 radical (unpaired) electrons. The summed E-state index contributed by atoms with van der Waals surface area (Å²) in [5, 5.41) is 22.4. The molecule has 2 aromatic rings. The second-order valence-corrected chi connectivity index (χ2v) is 8.82. The van der Waals surface area contributed by atoms with E-state index in [-0.39, 0.29) is 23.6 Å². The van der Waals surface area contributed by atoms with E-state index in [1.165, 1.54) is 11.6 Å². The standard InChI is InChI=1S/C23H27BN2O6/c1-26(9-11-31-12-10-26)15-17-7-5-16(6-8-17)13-21(27)25-20-14-18-3-2-4-19(23(28)29)22(18)32-24(20)30/h2-8,20,30H,9-15H2,1H3,(H-,25,27,28,29)/p+1. The highest BCUT2D eigenvalue weighted by atomic mass is 16.5. The minimum atomic E-state index is -1.31. The van der Waals surface area contributed by atoms with Crippen LogP contribution >= 0.6 is 0 Å². The predicted octanol–water partition coefficient (Wildman–Crippen LogP) is 1.04. The number of carbonyl (C=O) groups excluding carboxylic acids is 1. The first-order chi connectivity index (χ1) is 15.3. The number of likely N-dealkylation sites (N-methyl/N-ethyl adjacent to an activating group) is 1. The summed E-state index contributed by atoms with van der Waals surface area (Å²) >= 11 is 0. The van der Waals surface area contributed by atoms with E-state index in [0.717, 1.165) is 42.9 Å². The van der Waals surface area contributed by atoms with Crippen LogP contribution in [0.15, 0.2) is 42.5 Å². The van der Waals surface area contributed by atoms with Gasteiger partial charge in [-0.15, -0.1) is 0 Å². The first kappa shape index (κ1) is 22.3. The molecule has 3 N–H and O–H groups in total. The molecular weight excluding hydrogens is 411 g/mol. The molecule has 1 atom stereocenters. The lowest BCUT2D eigenvalue weighted by atomic mass is 9.72. The van der Waals surface area contributed by atoms with Crippen LogP contribution in [0.25, 0.3) is 0 Å². The Hall–Kier alpha value is -2.88. The van der Waals surface area contributed by atoms with Gasteiger partial charge in [0.05, 0.1) is 38.2 Å². The number of aromatic carboxylic acids is 1. The van der Waals surface area contributed by atoms with Crippen molar-refractivity contribution in [2.24, 2.45) is 0 Å². The van der Waals surface area contributed by atoms with Crippen molar-refractivity contribution in [1.82, 2.24) is 5.32 Å². The van der Waals surface area contributed by atoms with Gasteiger partial charge in [-0.25, -0.2) is 4.79 Å². The topological polar surface area (TPSA) is 105 Å². The second kappa shape index (κ2) is 9.32. The number of nitrogens with one attached hydrogen (secondary N) is 1.